The molecule has 9 heteroatoms. The standard InChI is InChI=1S/C17H20N2O6S/c20-16-7-11(17(21)18-12-3-6-26(22,23)10-12)9-19(16)13-1-2-14-15(8-13)25-5-4-24-14/h1-2,8,11-12H,3-7,9-10H2,(H,18,21). The number of carbonyl (C=O) groups excluding carboxylic acids is 2. The van der Waals surface area contributed by atoms with E-state index in [1.807, 2.05) is 0 Å². The Labute approximate surface area is 151 Å². The minimum atomic E-state index is -3.06. The van der Waals surface area contributed by atoms with Gasteiger partial charge in [-0.1, -0.05) is 0 Å². The summed E-state index contributed by atoms with van der Waals surface area (Å²) in [4.78, 5) is 26.4. The Kier molecular flexibility index (Phi) is 4.26. The van der Waals surface area contributed by atoms with Crippen LogP contribution in [0.5, 0.6) is 11.5 Å². The first-order valence-electron chi connectivity index (χ1n) is 8.62. The number of anilines is 1. The minimum absolute atomic E-state index is 0.0225. The first-order valence-corrected chi connectivity index (χ1v) is 10.4. The van der Waals surface area contributed by atoms with Gasteiger partial charge in [0.25, 0.3) is 0 Å². The number of amides is 2. The third-order valence-corrected chi connectivity index (χ3v) is 6.68. The van der Waals surface area contributed by atoms with Crippen LogP contribution in [0, 0.1) is 5.92 Å². The summed E-state index contributed by atoms with van der Waals surface area (Å²) >= 11 is 0. The first-order chi connectivity index (χ1) is 12.4. The molecule has 3 aliphatic rings. The molecule has 2 saturated heterocycles. The van der Waals surface area contributed by atoms with Crippen LogP contribution >= 0.6 is 0 Å². The maximum absolute atomic E-state index is 12.4. The number of nitrogens with one attached hydrogen (secondary N) is 1. The molecule has 0 spiro atoms. The average Bonchev–Trinajstić information content (AvgIpc) is 3.16. The maximum atomic E-state index is 12.4. The Balaban J connectivity index is 1.43. The van der Waals surface area contributed by atoms with E-state index in [0.717, 1.165) is 0 Å². The molecule has 2 amide bonds. The molecule has 140 valence electrons. The van der Waals surface area contributed by atoms with Crippen molar-refractivity contribution in [1.82, 2.24) is 5.32 Å². The third-order valence-electron chi connectivity index (χ3n) is 4.91. The minimum Gasteiger partial charge on any atom is -0.486 e. The van der Waals surface area contributed by atoms with Gasteiger partial charge >= 0.3 is 0 Å². The molecule has 0 aromatic heterocycles. The Bertz CT molecular complexity index is 853. The molecule has 1 aromatic carbocycles. The lowest BCUT2D eigenvalue weighted by Gasteiger charge is -2.22. The predicted octanol–water partition coefficient (Wildman–Crippen LogP) is 0.114. The molecule has 4 rings (SSSR count). The van der Waals surface area contributed by atoms with Crippen molar-refractivity contribution in [2.45, 2.75) is 18.9 Å². The molecule has 2 atom stereocenters. The summed E-state index contributed by atoms with van der Waals surface area (Å²) in [6, 6.07) is 4.92. The van der Waals surface area contributed by atoms with E-state index < -0.39 is 15.8 Å². The van der Waals surface area contributed by atoms with E-state index in [-0.39, 0.29) is 42.3 Å². The zero-order valence-electron chi connectivity index (χ0n) is 14.1. The Morgan fingerprint density at radius 2 is 1.96 bits per heavy atom. The van der Waals surface area contributed by atoms with Crippen LogP contribution in [-0.2, 0) is 19.4 Å². The van der Waals surface area contributed by atoms with Crippen molar-refractivity contribution >= 4 is 27.3 Å². The molecule has 0 bridgehead atoms. The molecule has 26 heavy (non-hydrogen) atoms. The van der Waals surface area contributed by atoms with Crippen molar-refractivity contribution in [3.05, 3.63) is 18.2 Å². The molecule has 3 heterocycles. The van der Waals surface area contributed by atoms with Gasteiger partial charge in [-0.3, -0.25) is 9.59 Å². The third kappa shape index (κ3) is 3.35. The maximum Gasteiger partial charge on any atom is 0.227 e. The molecular weight excluding hydrogens is 360 g/mol. The second-order valence-electron chi connectivity index (χ2n) is 6.84. The highest BCUT2D eigenvalue weighted by molar-refractivity contribution is 7.91. The number of hydrogen-bond acceptors (Lipinski definition) is 6. The fourth-order valence-electron chi connectivity index (χ4n) is 3.56. The highest BCUT2D eigenvalue weighted by atomic mass is 32.2. The highest BCUT2D eigenvalue weighted by Crippen LogP contribution is 2.36. The Morgan fingerprint density at radius 3 is 2.69 bits per heavy atom. The van der Waals surface area contributed by atoms with Crippen molar-refractivity contribution in [1.29, 1.82) is 0 Å². The van der Waals surface area contributed by atoms with E-state index in [4.69, 9.17) is 9.47 Å². The van der Waals surface area contributed by atoms with Crippen LogP contribution < -0.4 is 19.7 Å². The van der Waals surface area contributed by atoms with Gasteiger partial charge in [-0.15, -0.1) is 0 Å². The molecule has 0 saturated carbocycles. The SMILES string of the molecule is O=C(NC1CCS(=O)(=O)C1)C1CC(=O)N(c2ccc3c(c2)OCCO3)C1. The zero-order chi connectivity index (χ0) is 18.3. The monoisotopic (exact) mass is 380 g/mol. The lowest BCUT2D eigenvalue weighted by atomic mass is 10.1. The van der Waals surface area contributed by atoms with E-state index in [2.05, 4.69) is 5.32 Å². The molecule has 8 nitrogen and oxygen atoms in total. The lowest BCUT2D eigenvalue weighted by molar-refractivity contribution is -0.126. The normalized spacial score (nSPS) is 26.8. The second kappa shape index (κ2) is 6.46. The highest BCUT2D eigenvalue weighted by Gasteiger charge is 2.37. The number of ether oxygens (including phenoxy) is 2. The van der Waals surface area contributed by atoms with Gasteiger partial charge in [-0.2, -0.15) is 0 Å². The molecule has 2 unspecified atom stereocenters. The van der Waals surface area contributed by atoms with Crippen LogP contribution in [0.25, 0.3) is 0 Å². The Morgan fingerprint density at radius 1 is 1.19 bits per heavy atom. The number of benzene rings is 1. The summed E-state index contributed by atoms with van der Waals surface area (Å²) in [5.41, 5.74) is 0.665. The number of rotatable bonds is 3. The van der Waals surface area contributed by atoms with Crippen molar-refractivity contribution in [3.63, 3.8) is 0 Å². The number of fused-ring (bicyclic) bond motifs is 1. The summed E-state index contributed by atoms with van der Waals surface area (Å²) in [6.07, 6.45) is 0.542. The molecule has 1 aromatic rings. The van der Waals surface area contributed by atoms with E-state index in [1.54, 1.807) is 23.1 Å². The fourth-order valence-corrected chi connectivity index (χ4v) is 5.23. The number of carbonyl (C=O) groups is 2. The molecule has 0 aliphatic carbocycles. The van der Waals surface area contributed by atoms with Crippen LogP contribution in [-0.4, -0.2) is 57.5 Å². The number of sulfone groups is 1. The fraction of sp³-hybridized carbons (Fsp3) is 0.529. The van der Waals surface area contributed by atoms with Crippen LogP contribution in [0.1, 0.15) is 12.8 Å². The largest absolute Gasteiger partial charge is 0.486 e. The zero-order valence-corrected chi connectivity index (χ0v) is 15.0. The van der Waals surface area contributed by atoms with Gasteiger partial charge in [0.2, 0.25) is 11.8 Å². The van der Waals surface area contributed by atoms with Gasteiger partial charge in [-0.25, -0.2) is 8.42 Å². The summed E-state index contributed by atoms with van der Waals surface area (Å²) < 4.78 is 34.0. The number of nitrogens with zero attached hydrogens (tertiary/aromatic N) is 1. The van der Waals surface area contributed by atoms with Gasteiger partial charge in [0.15, 0.2) is 21.3 Å². The molecule has 0 radical (unpaired) electrons. The second-order valence-corrected chi connectivity index (χ2v) is 9.07. The van der Waals surface area contributed by atoms with E-state index in [9.17, 15) is 18.0 Å². The summed E-state index contributed by atoms with van der Waals surface area (Å²) in [5.74, 6) is 0.422. The van der Waals surface area contributed by atoms with Gasteiger partial charge in [0.1, 0.15) is 13.2 Å². The van der Waals surface area contributed by atoms with E-state index >= 15 is 0 Å². The van der Waals surface area contributed by atoms with Gasteiger partial charge in [0.05, 0.1) is 17.4 Å². The van der Waals surface area contributed by atoms with Crippen LogP contribution in [0.2, 0.25) is 0 Å². The molecule has 2 fully saturated rings. The van der Waals surface area contributed by atoms with Crippen LogP contribution in [0.15, 0.2) is 18.2 Å². The lowest BCUT2D eigenvalue weighted by Crippen LogP contribution is -2.40. The van der Waals surface area contributed by atoms with E-state index in [1.165, 1.54) is 0 Å². The molecule has 1 N–H and O–H groups in total. The van der Waals surface area contributed by atoms with E-state index in [0.29, 0.717) is 36.8 Å². The van der Waals surface area contributed by atoms with Gasteiger partial charge in [-0.05, 0) is 18.6 Å². The van der Waals surface area contributed by atoms with Gasteiger partial charge in [0, 0.05) is 30.8 Å². The summed E-state index contributed by atoms with van der Waals surface area (Å²) in [7, 11) is -3.06. The smallest absolute Gasteiger partial charge is 0.227 e. The predicted molar refractivity (Wildman–Crippen MR) is 93.1 cm³/mol. The van der Waals surface area contributed by atoms with Crippen molar-refractivity contribution < 1.29 is 27.5 Å². The van der Waals surface area contributed by atoms with Crippen molar-refractivity contribution in [2.75, 3.05) is 36.2 Å². The van der Waals surface area contributed by atoms with Crippen molar-refractivity contribution in [2.24, 2.45) is 5.92 Å². The summed E-state index contributed by atoms with van der Waals surface area (Å²) in [6.45, 7) is 1.22. The number of hydrogen-bond donors (Lipinski definition) is 1. The molecule has 3 aliphatic heterocycles. The average molecular weight is 380 g/mol. The van der Waals surface area contributed by atoms with Crippen LogP contribution in [0.4, 0.5) is 5.69 Å². The quantitative estimate of drug-likeness (QED) is 0.799. The summed E-state index contributed by atoms with van der Waals surface area (Å²) in [5, 5.41) is 2.78. The molecular formula is C17H20N2O6S. The van der Waals surface area contributed by atoms with Crippen molar-refractivity contribution in [3.8, 4) is 11.5 Å². The Hall–Kier alpha value is -2.29. The topological polar surface area (TPSA) is 102 Å². The first kappa shape index (κ1) is 17.1. The van der Waals surface area contributed by atoms with Gasteiger partial charge < -0.3 is 19.7 Å². The van der Waals surface area contributed by atoms with Crippen LogP contribution in [0.3, 0.4) is 0 Å².